The number of aryl methyl sites for hydroxylation is 1. The van der Waals surface area contributed by atoms with Crippen LogP contribution in [0, 0.1) is 0 Å². The molecule has 4 heteroatoms. The molecule has 0 aliphatic carbocycles. The number of hydrogen-bond donors (Lipinski definition) is 1. The molecule has 0 N–H and O–H groups in total. The molecule has 0 bridgehead atoms. The van der Waals surface area contributed by atoms with Crippen LogP contribution in [0.25, 0.3) is 11.1 Å². The first kappa shape index (κ1) is 10.4. The van der Waals surface area contributed by atoms with Crippen molar-refractivity contribution >= 4 is 23.7 Å². The normalized spacial score (nSPS) is 12.3. The van der Waals surface area contributed by atoms with Crippen molar-refractivity contribution in [1.82, 2.24) is 4.57 Å². The van der Waals surface area contributed by atoms with Gasteiger partial charge in [-0.25, -0.2) is 4.79 Å². The van der Waals surface area contributed by atoms with Crippen LogP contribution in [0.2, 0.25) is 0 Å². The fraction of sp³-hybridized carbons (Fsp3) is 0.364. The molecule has 2 rings (SSSR count). The van der Waals surface area contributed by atoms with E-state index in [4.69, 9.17) is 4.42 Å². The Kier molecular flexibility index (Phi) is 2.19. The molecular formula is C11H13NO2S. The summed E-state index contributed by atoms with van der Waals surface area (Å²) in [6, 6.07) is 5.71. The Morgan fingerprint density at radius 2 is 2.07 bits per heavy atom. The molecule has 0 unspecified atom stereocenters. The SMILES string of the molecule is Cn1c(=O)oc2cc(C(C)(C)S)ccc21. The molecule has 0 fully saturated rings. The van der Waals surface area contributed by atoms with Gasteiger partial charge in [0, 0.05) is 11.8 Å². The molecule has 0 saturated heterocycles. The van der Waals surface area contributed by atoms with E-state index in [-0.39, 0.29) is 10.5 Å². The third-order valence-electron chi connectivity index (χ3n) is 2.50. The van der Waals surface area contributed by atoms with Gasteiger partial charge in [-0.3, -0.25) is 4.57 Å². The number of benzene rings is 1. The zero-order valence-corrected chi connectivity index (χ0v) is 9.84. The zero-order chi connectivity index (χ0) is 11.2. The molecule has 2 aromatic rings. The lowest BCUT2D eigenvalue weighted by atomic mass is 10.0. The summed E-state index contributed by atoms with van der Waals surface area (Å²) in [6.07, 6.45) is 0. The van der Waals surface area contributed by atoms with Gasteiger partial charge in [0.1, 0.15) is 0 Å². The van der Waals surface area contributed by atoms with E-state index in [1.165, 1.54) is 4.57 Å². The fourth-order valence-electron chi connectivity index (χ4n) is 1.51. The Bertz CT molecular complexity index is 560. The van der Waals surface area contributed by atoms with E-state index in [2.05, 4.69) is 12.6 Å². The molecule has 0 atom stereocenters. The largest absolute Gasteiger partial charge is 0.419 e. The van der Waals surface area contributed by atoms with Crippen molar-refractivity contribution in [3.8, 4) is 0 Å². The van der Waals surface area contributed by atoms with Gasteiger partial charge in [0.2, 0.25) is 0 Å². The highest BCUT2D eigenvalue weighted by Gasteiger charge is 2.16. The van der Waals surface area contributed by atoms with E-state index >= 15 is 0 Å². The van der Waals surface area contributed by atoms with Crippen LogP contribution < -0.4 is 5.76 Å². The molecule has 0 radical (unpaired) electrons. The molecule has 3 nitrogen and oxygen atoms in total. The molecule has 0 spiro atoms. The van der Waals surface area contributed by atoms with E-state index in [0.29, 0.717) is 5.58 Å². The Hall–Kier alpha value is -1.16. The average molecular weight is 223 g/mol. The third-order valence-corrected chi connectivity index (χ3v) is 2.76. The highest BCUT2D eigenvalue weighted by atomic mass is 32.1. The quantitative estimate of drug-likeness (QED) is 0.753. The maximum atomic E-state index is 11.3. The van der Waals surface area contributed by atoms with Crippen molar-refractivity contribution in [2.75, 3.05) is 0 Å². The van der Waals surface area contributed by atoms with Crippen LogP contribution in [0.4, 0.5) is 0 Å². The fourth-order valence-corrected chi connectivity index (χ4v) is 1.65. The zero-order valence-electron chi connectivity index (χ0n) is 8.94. The van der Waals surface area contributed by atoms with Gasteiger partial charge in [0.05, 0.1) is 5.52 Å². The summed E-state index contributed by atoms with van der Waals surface area (Å²) in [5, 5.41) is 0. The minimum Gasteiger partial charge on any atom is -0.408 e. The molecule has 0 aliphatic rings. The van der Waals surface area contributed by atoms with E-state index in [1.54, 1.807) is 7.05 Å². The summed E-state index contributed by atoms with van der Waals surface area (Å²) in [5.74, 6) is -0.334. The Labute approximate surface area is 93.1 Å². The van der Waals surface area contributed by atoms with Crippen LogP contribution in [-0.2, 0) is 11.8 Å². The van der Waals surface area contributed by atoms with Crippen LogP contribution in [0.1, 0.15) is 19.4 Å². The van der Waals surface area contributed by atoms with Gasteiger partial charge < -0.3 is 4.42 Å². The molecule has 80 valence electrons. The second kappa shape index (κ2) is 3.17. The van der Waals surface area contributed by atoms with Gasteiger partial charge in [0.25, 0.3) is 0 Å². The van der Waals surface area contributed by atoms with Crippen LogP contribution >= 0.6 is 12.6 Å². The summed E-state index contributed by atoms with van der Waals surface area (Å²) in [6.45, 7) is 4.00. The molecule has 0 saturated carbocycles. The molecule has 1 aromatic heterocycles. The lowest BCUT2D eigenvalue weighted by Gasteiger charge is -2.17. The second-order valence-corrected chi connectivity index (χ2v) is 5.29. The maximum absolute atomic E-state index is 11.3. The van der Waals surface area contributed by atoms with E-state index in [0.717, 1.165) is 11.1 Å². The monoisotopic (exact) mass is 223 g/mol. The summed E-state index contributed by atoms with van der Waals surface area (Å²) in [7, 11) is 1.69. The molecule has 15 heavy (non-hydrogen) atoms. The van der Waals surface area contributed by atoms with Gasteiger partial charge in [-0.2, -0.15) is 12.6 Å². The highest BCUT2D eigenvalue weighted by molar-refractivity contribution is 7.81. The van der Waals surface area contributed by atoms with Gasteiger partial charge >= 0.3 is 5.76 Å². The first-order valence-electron chi connectivity index (χ1n) is 4.72. The predicted molar refractivity (Wildman–Crippen MR) is 63.5 cm³/mol. The van der Waals surface area contributed by atoms with Crippen LogP contribution in [0.15, 0.2) is 27.4 Å². The number of oxazole rings is 1. The van der Waals surface area contributed by atoms with Gasteiger partial charge in [-0.1, -0.05) is 6.07 Å². The van der Waals surface area contributed by atoms with E-state index in [9.17, 15) is 4.79 Å². The van der Waals surface area contributed by atoms with Crippen LogP contribution in [0.5, 0.6) is 0 Å². The number of rotatable bonds is 1. The number of fused-ring (bicyclic) bond motifs is 1. The minimum atomic E-state index is -0.334. The predicted octanol–water partition coefficient (Wildman–Crippen LogP) is 2.30. The molecular weight excluding hydrogens is 210 g/mol. The van der Waals surface area contributed by atoms with Crippen molar-refractivity contribution in [1.29, 1.82) is 0 Å². The molecule has 0 amide bonds. The van der Waals surface area contributed by atoms with Crippen molar-refractivity contribution in [3.63, 3.8) is 0 Å². The second-order valence-electron chi connectivity index (χ2n) is 4.17. The third kappa shape index (κ3) is 1.69. The smallest absolute Gasteiger partial charge is 0.408 e. The van der Waals surface area contributed by atoms with Crippen LogP contribution in [0.3, 0.4) is 0 Å². The summed E-state index contributed by atoms with van der Waals surface area (Å²) in [4.78, 5) is 11.3. The Balaban J connectivity index is 2.73. The lowest BCUT2D eigenvalue weighted by Crippen LogP contribution is -2.08. The Morgan fingerprint density at radius 3 is 2.67 bits per heavy atom. The Morgan fingerprint density at radius 1 is 1.40 bits per heavy atom. The first-order valence-corrected chi connectivity index (χ1v) is 5.17. The number of hydrogen-bond acceptors (Lipinski definition) is 3. The summed E-state index contributed by atoms with van der Waals surface area (Å²) >= 11 is 4.48. The van der Waals surface area contributed by atoms with E-state index in [1.807, 2.05) is 32.0 Å². The van der Waals surface area contributed by atoms with Crippen molar-refractivity contribution in [2.24, 2.45) is 7.05 Å². The number of thiol groups is 1. The van der Waals surface area contributed by atoms with Crippen molar-refractivity contribution in [3.05, 3.63) is 34.3 Å². The lowest BCUT2D eigenvalue weighted by molar-refractivity contribution is 0.527. The summed E-state index contributed by atoms with van der Waals surface area (Å²) in [5.41, 5.74) is 2.45. The average Bonchev–Trinajstić information content (AvgIpc) is 2.41. The standard InChI is InChI=1S/C11H13NO2S/c1-11(2,15)7-4-5-8-9(6-7)14-10(13)12(8)3/h4-6,15H,1-3H3. The van der Waals surface area contributed by atoms with Crippen LogP contribution in [-0.4, -0.2) is 4.57 Å². The number of nitrogens with zero attached hydrogens (tertiary/aromatic N) is 1. The highest BCUT2D eigenvalue weighted by Crippen LogP contribution is 2.29. The van der Waals surface area contributed by atoms with Gasteiger partial charge in [-0.15, -0.1) is 0 Å². The van der Waals surface area contributed by atoms with E-state index < -0.39 is 0 Å². The van der Waals surface area contributed by atoms with Gasteiger partial charge in [0.15, 0.2) is 5.58 Å². The molecule has 1 heterocycles. The molecule has 1 aromatic carbocycles. The maximum Gasteiger partial charge on any atom is 0.419 e. The van der Waals surface area contributed by atoms with Gasteiger partial charge in [-0.05, 0) is 31.5 Å². The van der Waals surface area contributed by atoms with Crippen molar-refractivity contribution < 1.29 is 4.42 Å². The topological polar surface area (TPSA) is 35.1 Å². The first-order chi connectivity index (χ1) is 6.89. The number of aromatic nitrogens is 1. The summed E-state index contributed by atoms with van der Waals surface area (Å²) < 4.78 is 6.37. The van der Waals surface area contributed by atoms with Crippen molar-refractivity contribution in [2.45, 2.75) is 18.6 Å². The minimum absolute atomic E-state index is 0.234. The molecule has 0 aliphatic heterocycles.